The molecule has 0 unspecified atom stereocenters. The molecule has 0 atom stereocenters. The molecule has 0 aromatic rings. The Morgan fingerprint density at radius 3 is 1.45 bits per heavy atom. The quantitative estimate of drug-likeness (QED) is 0.348. The molecule has 0 nitrogen and oxygen atoms in total. The molecule has 2 heteroatoms. The van der Waals surface area contributed by atoms with E-state index in [1.807, 2.05) is 5.92 Å². The first-order valence-electron chi connectivity index (χ1n) is 3.87. The summed E-state index contributed by atoms with van der Waals surface area (Å²) in [5, 5.41) is 0. The second kappa shape index (κ2) is 3.08. The summed E-state index contributed by atoms with van der Waals surface area (Å²) in [6.45, 7) is 7.13. The molecular weight excluding hydrogens is 168 g/mol. The molecule has 3 aliphatic carbocycles. The molecule has 0 spiro atoms. The van der Waals surface area contributed by atoms with E-state index in [0.29, 0.717) is 5.41 Å². The summed E-state index contributed by atoms with van der Waals surface area (Å²) in [7, 11) is 0. The summed E-state index contributed by atoms with van der Waals surface area (Å²) in [4.78, 5) is 0. The Morgan fingerprint density at radius 2 is 1.45 bits per heavy atom. The molecule has 3 saturated carbocycles. The molecule has 0 N–H and O–H groups in total. The Morgan fingerprint density at radius 1 is 1.09 bits per heavy atom. The molecule has 3 aliphatic rings. The molecule has 0 radical (unpaired) electrons. The Bertz CT molecular complexity index is 131. The predicted molar refractivity (Wildman–Crippen MR) is 44.7 cm³/mol. The zero-order valence-corrected chi connectivity index (χ0v) is 9.88. The van der Waals surface area contributed by atoms with Crippen LogP contribution in [-0.4, -0.2) is 23.1 Å². The first-order valence-corrected chi connectivity index (χ1v) is 3.87. The van der Waals surface area contributed by atoms with E-state index in [0.717, 1.165) is 5.41 Å². The zero-order chi connectivity index (χ0) is 6.70. The van der Waals surface area contributed by atoms with Crippen LogP contribution in [0.2, 0.25) is 0 Å². The van der Waals surface area contributed by atoms with Crippen molar-refractivity contribution < 1.29 is 12.4 Å². The molecule has 0 aromatic carbocycles. The Kier molecular flexibility index (Phi) is 3.37. The summed E-state index contributed by atoms with van der Waals surface area (Å²) in [6, 6.07) is 0. The van der Waals surface area contributed by atoms with Gasteiger partial charge >= 0.3 is 23.1 Å². The van der Waals surface area contributed by atoms with Crippen molar-refractivity contribution in [2.24, 2.45) is 10.8 Å². The average Bonchev–Trinajstić information content (AvgIpc) is 1.08. The zero-order valence-electron chi connectivity index (χ0n) is 7.71. The maximum absolute atomic E-state index is 2.38. The Balaban J connectivity index is 0.000000500. The van der Waals surface area contributed by atoms with Crippen molar-refractivity contribution in [3.63, 3.8) is 0 Å². The smallest absolute Gasteiger partial charge is 1.00 e. The Labute approximate surface area is 92.1 Å². The van der Waals surface area contributed by atoms with Gasteiger partial charge in [-0.3, -0.25) is 0 Å². The molecule has 60 valence electrons. The van der Waals surface area contributed by atoms with E-state index in [9.17, 15) is 0 Å². The number of rotatable bonds is 0. The maximum Gasteiger partial charge on any atom is 2.00 e. The fourth-order valence-corrected chi connectivity index (χ4v) is 2.08. The monoisotopic (exact) mass is 182 g/mol. The van der Waals surface area contributed by atoms with Crippen LogP contribution in [0, 0.1) is 16.7 Å². The van der Waals surface area contributed by atoms with Crippen molar-refractivity contribution in [1.29, 1.82) is 0 Å². The van der Waals surface area contributed by atoms with E-state index in [-0.39, 0.29) is 35.5 Å². The topological polar surface area (TPSA) is 0 Å². The molecule has 0 heterocycles. The van der Waals surface area contributed by atoms with Gasteiger partial charge in [0.25, 0.3) is 0 Å². The average molecular weight is 183 g/mol. The van der Waals surface area contributed by atoms with Crippen molar-refractivity contribution in [2.45, 2.75) is 40.0 Å². The van der Waals surface area contributed by atoms with Crippen LogP contribution in [0.5, 0.6) is 0 Å². The van der Waals surface area contributed by atoms with Gasteiger partial charge in [-0.25, -0.2) is 0 Å². The van der Waals surface area contributed by atoms with Crippen molar-refractivity contribution in [1.82, 2.24) is 0 Å². The van der Waals surface area contributed by atoms with Gasteiger partial charge in [0.1, 0.15) is 0 Å². The third-order valence-corrected chi connectivity index (χ3v) is 3.36. The minimum Gasteiger partial charge on any atom is -1.00 e. The second-order valence-corrected chi connectivity index (χ2v) is 4.81. The van der Waals surface area contributed by atoms with E-state index in [1.165, 1.54) is 19.3 Å². The standard InChI is InChI=1S/C9H15.ClH.Mg/c1-8(2,3)9-4-7(5-9)6-9;;/h4-6H2,1-3H3;1H;/q-1;;+2/p-1. The Hall–Kier alpha value is 1.06. The summed E-state index contributed by atoms with van der Waals surface area (Å²) in [5.41, 5.74) is 1.34. The van der Waals surface area contributed by atoms with Gasteiger partial charge in [-0.15, -0.1) is 5.41 Å². The van der Waals surface area contributed by atoms with Crippen molar-refractivity contribution in [3.8, 4) is 0 Å². The number of halogens is 1. The normalized spacial score (nSPS) is 25.4. The third kappa shape index (κ3) is 1.44. The number of hydrogen-bond donors (Lipinski definition) is 0. The van der Waals surface area contributed by atoms with Crippen LogP contribution in [0.25, 0.3) is 0 Å². The van der Waals surface area contributed by atoms with Crippen molar-refractivity contribution in [3.05, 3.63) is 5.92 Å². The predicted octanol–water partition coefficient (Wildman–Crippen LogP) is -0.586. The van der Waals surface area contributed by atoms with Crippen LogP contribution in [0.3, 0.4) is 0 Å². The van der Waals surface area contributed by atoms with Crippen LogP contribution < -0.4 is 12.4 Å². The fourth-order valence-electron chi connectivity index (χ4n) is 2.08. The fraction of sp³-hybridized carbons (Fsp3) is 0.889. The molecule has 0 saturated heterocycles. The van der Waals surface area contributed by atoms with Gasteiger partial charge in [0.15, 0.2) is 0 Å². The largest absolute Gasteiger partial charge is 2.00 e. The summed E-state index contributed by atoms with van der Waals surface area (Å²) >= 11 is 0. The summed E-state index contributed by atoms with van der Waals surface area (Å²) < 4.78 is 0. The van der Waals surface area contributed by atoms with Crippen LogP contribution in [-0.2, 0) is 0 Å². The van der Waals surface area contributed by atoms with Crippen molar-refractivity contribution in [2.75, 3.05) is 0 Å². The maximum atomic E-state index is 2.38. The van der Waals surface area contributed by atoms with Crippen LogP contribution in [0.15, 0.2) is 0 Å². The van der Waals surface area contributed by atoms with Crippen LogP contribution in [0.1, 0.15) is 40.0 Å². The summed E-state index contributed by atoms with van der Waals surface area (Å²) in [5.74, 6) is 1.82. The van der Waals surface area contributed by atoms with E-state index < -0.39 is 0 Å². The van der Waals surface area contributed by atoms with Gasteiger partial charge in [0, 0.05) is 0 Å². The first kappa shape index (κ1) is 12.1. The molecular formula is C9H15ClMg. The molecule has 11 heavy (non-hydrogen) atoms. The minimum absolute atomic E-state index is 0. The summed E-state index contributed by atoms with van der Waals surface area (Å²) in [6.07, 6.45) is 4.36. The van der Waals surface area contributed by atoms with Crippen LogP contribution in [0.4, 0.5) is 0 Å². The third-order valence-electron chi connectivity index (χ3n) is 3.36. The van der Waals surface area contributed by atoms with Gasteiger partial charge < -0.3 is 18.3 Å². The van der Waals surface area contributed by atoms with Gasteiger partial charge in [0.2, 0.25) is 0 Å². The van der Waals surface area contributed by atoms with Gasteiger partial charge in [-0.05, 0) is 5.41 Å². The molecule has 3 fully saturated rings. The SMILES string of the molecule is CC(C)(C)C12C[C-](C1)C2.[Cl-].[Mg+2]. The van der Waals surface area contributed by atoms with E-state index >= 15 is 0 Å². The molecule has 3 rings (SSSR count). The van der Waals surface area contributed by atoms with Crippen molar-refractivity contribution >= 4 is 23.1 Å². The second-order valence-electron chi connectivity index (χ2n) is 4.81. The van der Waals surface area contributed by atoms with Gasteiger partial charge in [-0.2, -0.15) is 19.3 Å². The molecule has 2 bridgehead atoms. The van der Waals surface area contributed by atoms with E-state index in [2.05, 4.69) is 20.8 Å². The van der Waals surface area contributed by atoms with E-state index in [1.54, 1.807) is 0 Å². The number of hydrogen-bond acceptors (Lipinski definition) is 0. The first-order chi connectivity index (χ1) is 4.04. The molecule has 0 aromatic heterocycles. The van der Waals surface area contributed by atoms with Crippen LogP contribution >= 0.6 is 0 Å². The van der Waals surface area contributed by atoms with Gasteiger partial charge in [0.05, 0.1) is 0 Å². The molecule has 0 amide bonds. The van der Waals surface area contributed by atoms with E-state index in [4.69, 9.17) is 0 Å². The minimum atomic E-state index is 0. The van der Waals surface area contributed by atoms with Gasteiger partial charge in [-0.1, -0.05) is 20.8 Å². The molecule has 0 aliphatic heterocycles.